The third-order valence-corrected chi connectivity index (χ3v) is 4.71. The van der Waals surface area contributed by atoms with Crippen molar-refractivity contribution in [1.82, 2.24) is 10.2 Å². The predicted molar refractivity (Wildman–Crippen MR) is 109 cm³/mol. The van der Waals surface area contributed by atoms with Crippen LogP contribution in [0.15, 0.2) is 24.3 Å². The van der Waals surface area contributed by atoms with Crippen molar-refractivity contribution in [3.8, 4) is 0 Å². The van der Waals surface area contributed by atoms with E-state index in [2.05, 4.69) is 5.32 Å². The maximum atomic E-state index is 12.8. The number of ether oxygens (including phenoxy) is 2. The number of nitrogens with one attached hydrogen (secondary N) is 1. The number of amides is 2. The Bertz CT molecular complexity index is 658. The van der Waals surface area contributed by atoms with Crippen LogP contribution in [0.1, 0.15) is 52.0 Å². The molecule has 7 heteroatoms. The molecule has 1 aromatic rings. The second kappa shape index (κ2) is 11.1. The van der Waals surface area contributed by atoms with Gasteiger partial charge in [0.15, 0.2) is 0 Å². The molecule has 162 valence electrons. The van der Waals surface area contributed by atoms with Gasteiger partial charge in [-0.3, -0.25) is 4.79 Å². The van der Waals surface area contributed by atoms with Crippen molar-refractivity contribution < 1.29 is 23.5 Å². The summed E-state index contributed by atoms with van der Waals surface area (Å²) in [4.78, 5) is 25.6. The van der Waals surface area contributed by atoms with E-state index in [9.17, 15) is 14.0 Å². The maximum absolute atomic E-state index is 12.8. The largest absolute Gasteiger partial charge is 0.444 e. The molecule has 1 saturated heterocycles. The van der Waals surface area contributed by atoms with Gasteiger partial charge in [0.1, 0.15) is 18.0 Å². The number of nitrogens with zero attached hydrogens (tertiary/aromatic N) is 1. The van der Waals surface area contributed by atoms with Crippen molar-refractivity contribution in [3.63, 3.8) is 0 Å². The van der Waals surface area contributed by atoms with Gasteiger partial charge in [-0.15, -0.1) is 0 Å². The van der Waals surface area contributed by atoms with Crippen molar-refractivity contribution >= 4 is 12.0 Å². The van der Waals surface area contributed by atoms with Crippen molar-refractivity contribution in [2.45, 2.75) is 58.7 Å². The van der Waals surface area contributed by atoms with Crippen LogP contribution >= 0.6 is 0 Å². The first-order chi connectivity index (χ1) is 13.7. The SMILES string of the molecule is CC(C)(C)OC(=O)N1CCC(CCCCNC(=O)COCc2ccc(F)cc2)C1. The molecule has 1 heterocycles. The molecule has 0 bridgehead atoms. The number of hydrogen-bond donors (Lipinski definition) is 1. The lowest BCUT2D eigenvalue weighted by atomic mass is 10.0. The molecule has 0 aromatic heterocycles. The van der Waals surface area contributed by atoms with E-state index >= 15 is 0 Å². The Morgan fingerprint density at radius 2 is 1.93 bits per heavy atom. The van der Waals surface area contributed by atoms with E-state index in [1.807, 2.05) is 20.8 Å². The van der Waals surface area contributed by atoms with E-state index in [1.165, 1.54) is 12.1 Å². The monoisotopic (exact) mass is 408 g/mol. The van der Waals surface area contributed by atoms with E-state index in [-0.39, 0.29) is 31.0 Å². The third kappa shape index (κ3) is 9.26. The molecular formula is C22H33FN2O4. The lowest BCUT2D eigenvalue weighted by Crippen LogP contribution is -2.35. The highest BCUT2D eigenvalue weighted by Gasteiger charge is 2.29. The van der Waals surface area contributed by atoms with Crippen LogP contribution in [-0.4, -0.2) is 48.7 Å². The predicted octanol–water partition coefficient (Wildman–Crippen LogP) is 3.89. The Labute approximate surface area is 172 Å². The number of benzene rings is 1. The zero-order chi connectivity index (χ0) is 21.3. The van der Waals surface area contributed by atoms with Gasteiger partial charge in [-0.05, 0) is 63.6 Å². The van der Waals surface area contributed by atoms with Gasteiger partial charge in [0.05, 0.1) is 6.61 Å². The quantitative estimate of drug-likeness (QED) is 0.630. The molecule has 6 nitrogen and oxygen atoms in total. The van der Waals surface area contributed by atoms with E-state index in [0.29, 0.717) is 12.5 Å². The summed E-state index contributed by atoms with van der Waals surface area (Å²) in [6, 6.07) is 6.02. The van der Waals surface area contributed by atoms with Crippen LogP contribution < -0.4 is 5.32 Å². The minimum absolute atomic E-state index is 0.00908. The molecule has 0 radical (unpaired) electrons. The second-order valence-electron chi connectivity index (χ2n) is 8.55. The fourth-order valence-electron chi connectivity index (χ4n) is 3.24. The molecule has 1 N–H and O–H groups in total. The van der Waals surface area contributed by atoms with Crippen LogP contribution in [0.3, 0.4) is 0 Å². The standard InChI is InChI=1S/C22H33FN2O4/c1-22(2,3)29-21(27)25-13-11-17(14-25)6-4-5-12-24-20(26)16-28-15-18-7-9-19(23)10-8-18/h7-10,17H,4-6,11-16H2,1-3H3,(H,24,26). The summed E-state index contributed by atoms with van der Waals surface area (Å²) < 4.78 is 23.6. The molecule has 1 aliphatic heterocycles. The first-order valence-electron chi connectivity index (χ1n) is 10.3. The normalized spacial score (nSPS) is 16.7. The molecule has 0 spiro atoms. The van der Waals surface area contributed by atoms with Gasteiger partial charge in [0, 0.05) is 19.6 Å². The minimum atomic E-state index is -0.462. The molecule has 1 fully saturated rings. The molecule has 1 aliphatic rings. The van der Waals surface area contributed by atoms with Gasteiger partial charge in [-0.1, -0.05) is 18.6 Å². The van der Waals surface area contributed by atoms with Crippen molar-refractivity contribution in [1.29, 1.82) is 0 Å². The summed E-state index contributed by atoms with van der Waals surface area (Å²) in [5.74, 6) is 0.0583. The van der Waals surface area contributed by atoms with Crippen molar-refractivity contribution in [2.75, 3.05) is 26.2 Å². The van der Waals surface area contributed by atoms with Crippen LogP contribution in [0.4, 0.5) is 9.18 Å². The van der Waals surface area contributed by atoms with E-state index in [0.717, 1.165) is 44.3 Å². The summed E-state index contributed by atoms with van der Waals surface area (Å²) in [5.41, 5.74) is 0.368. The average Bonchev–Trinajstić information content (AvgIpc) is 3.11. The van der Waals surface area contributed by atoms with E-state index in [1.54, 1.807) is 17.0 Å². The highest BCUT2D eigenvalue weighted by molar-refractivity contribution is 5.77. The Morgan fingerprint density at radius 3 is 2.62 bits per heavy atom. The van der Waals surface area contributed by atoms with Crippen LogP contribution in [0.5, 0.6) is 0 Å². The number of hydrogen-bond acceptors (Lipinski definition) is 4. The zero-order valence-corrected chi connectivity index (χ0v) is 17.7. The average molecular weight is 409 g/mol. The summed E-state index contributed by atoms with van der Waals surface area (Å²) in [5, 5.41) is 2.85. The molecule has 1 aromatic carbocycles. The number of rotatable bonds is 9. The van der Waals surface area contributed by atoms with Gasteiger partial charge >= 0.3 is 6.09 Å². The summed E-state index contributed by atoms with van der Waals surface area (Å²) in [7, 11) is 0. The Balaban J connectivity index is 1.50. The molecule has 0 aliphatic carbocycles. The Hall–Kier alpha value is -2.15. The Kier molecular flexibility index (Phi) is 8.89. The molecular weight excluding hydrogens is 375 g/mol. The molecule has 29 heavy (non-hydrogen) atoms. The molecule has 2 amide bonds. The summed E-state index contributed by atoms with van der Waals surface area (Å²) >= 11 is 0. The number of carbonyl (C=O) groups is 2. The zero-order valence-electron chi connectivity index (χ0n) is 17.7. The maximum Gasteiger partial charge on any atom is 0.410 e. The first kappa shape index (κ1) is 23.1. The molecule has 2 rings (SSSR count). The first-order valence-corrected chi connectivity index (χ1v) is 10.3. The fraction of sp³-hybridized carbons (Fsp3) is 0.636. The Morgan fingerprint density at radius 1 is 1.21 bits per heavy atom. The smallest absolute Gasteiger partial charge is 0.410 e. The van der Waals surface area contributed by atoms with E-state index in [4.69, 9.17) is 9.47 Å². The minimum Gasteiger partial charge on any atom is -0.444 e. The summed E-state index contributed by atoms with van der Waals surface area (Å²) in [6.45, 7) is 8.01. The number of unbranched alkanes of at least 4 members (excludes halogenated alkanes) is 1. The molecule has 1 unspecified atom stereocenters. The van der Waals surface area contributed by atoms with Crippen molar-refractivity contribution in [3.05, 3.63) is 35.6 Å². The highest BCUT2D eigenvalue weighted by atomic mass is 19.1. The van der Waals surface area contributed by atoms with Crippen LogP contribution in [0, 0.1) is 11.7 Å². The molecule has 0 saturated carbocycles. The number of likely N-dealkylation sites (tertiary alicyclic amines) is 1. The third-order valence-electron chi connectivity index (χ3n) is 4.71. The number of carbonyl (C=O) groups excluding carboxylic acids is 2. The highest BCUT2D eigenvalue weighted by Crippen LogP contribution is 2.23. The van der Waals surface area contributed by atoms with Crippen LogP contribution in [-0.2, 0) is 20.9 Å². The van der Waals surface area contributed by atoms with Gasteiger partial charge in [0.2, 0.25) is 5.91 Å². The topological polar surface area (TPSA) is 67.9 Å². The van der Waals surface area contributed by atoms with E-state index < -0.39 is 5.60 Å². The van der Waals surface area contributed by atoms with Crippen LogP contribution in [0.2, 0.25) is 0 Å². The van der Waals surface area contributed by atoms with Gasteiger partial charge in [-0.2, -0.15) is 0 Å². The van der Waals surface area contributed by atoms with Crippen LogP contribution in [0.25, 0.3) is 0 Å². The van der Waals surface area contributed by atoms with Gasteiger partial charge < -0.3 is 19.7 Å². The molecule has 1 atom stereocenters. The fourth-order valence-corrected chi connectivity index (χ4v) is 3.24. The lowest BCUT2D eigenvalue weighted by molar-refractivity contribution is -0.126. The lowest BCUT2D eigenvalue weighted by Gasteiger charge is -2.24. The van der Waals surface area contributed by atoms with Crippen molar-refractivity contribution in [2.24, 2.45) is 5.92 Å². The second-order valence-corrected chi connectivity index (χ2v) is 8.55. The van der Waals surface area contributed by atoms with Gasteiger partial charge in [-0.25, -0.2) is 9.18 Å². The van der Waals surface area contributed by atoms with Gasteiger partial charge in [0.25, 0.3) is 0 Å². The number of halogens is 1. The summed E-state index contributed by atoms with van der Waals surface area (Å²) in [6.07, 6.45) is 3.71.